The molecule has 160 valence electrons. The minimum Gasteiger partial charge on any atom is -0.491 e. The van der Waals surface area contributed by atoms with E-state index in [2.05, 4.69) is 11.9 Å². The average Bonchev–Trinajstić information content (AvgIpc) is 3.56. The Hall–Kier alpha value is -3.10. The molecule has 0 aliphatic carbocycles. The zero-order valence-corrected chi connectivity index (χ0v) is 16.8. The summed E-state index contributed by atoms with van der Waals surface area (Å²) in [7, 11) is 0. The second-order valence-corrected chi connectivity index (χ2v) is 6.75. The molecule has 1 N–H and O–H groups in total. The summed E-state index contributed by atoms with van der Waals surface area (Å²) < 4.78 is 26.4. The van der Waals surface area contributed by atoms with Crippen molar-refractivity contribution in [2.24, 2.45) is 0 Å². The van der Waals surface area contributed by atoms with Gasteiger partial charge in [0.05, 0.1) is 19.8 Å². The van der Waals surface area contributed by atoms with Gasteiger partial charge < -0.3 is 29.0 Å². The molecule has 0 spiro atoms. The second-order valence-electron chi connectivity index (χ2n) is 6.75. The van der Waals surface area contributed by atoms with E-state index in [4.69, 9.17) is 23.7 Å². The first-order valence-electron chi connectivity index (χ1n) is 9.66. The number of amides is 1. The standard InChI is InChI=1S/C22H25NO7/c1-15(2)21(24)27-11-10-26-9-8-23-22(25)30-20-5-3-4-16-12-17(6-7-19(16)20)28-13-18-14-29-18/h3-7,12,18H,1,8-11,13-14H2,2H3,(H,23,25). The summed E-state index contributed by atoms with van der Waals surface area (Å²) in [6.07, 6.45) is -0.389. The van der Waals surface area contributed by atoms with Crippen molar-refractivity contribution >= 4 is 22.8 Å². The Balaban J connectivity index is 1.40. The van der Waals surface area contributed by atoms with Crippen molar-refractivity contribution in [2.75, 3.05) is 39.6 Å². The van der Waals surface area contributed by atoms with Gasteiger partial charge in [-0.1, -0.05) is 18.7 Å². The van der Waals surface area contributed by atoms with E-state index in [1.54, 1.807) is 13.0 Å². The van der Waals surface area contributed by atoms with Crippen molar-refractivity contribution in [2.45, 2.75) is 13.0 Å². The molecule has 1 fully saturated rings. The van der Waals surface area contributed by atoms with Gasteiger partial charge in [0.15, 0.2) is 0 Å². The Labute approximate surface area is 174 Å². The summed E-state index contributed by atoms with van der Waals surface area (Å²) in [6.45, 7) is 7.23. The number of epoxide rings is 1. The molecule has 2 aromatic rings. The molecule has 30 heavy (non-hydrogen) atoms. The Morgan fingerprint density at radius 1 is 1.20 bits per heavy atom. The van der Waals surface area contributed by atoms with Crippen LogP contribution in [-0.2, 0) is 19.0 Å². The first-order chi connectivity index (χ1) is 14.5. The minimum atomic E-state index is -0.578. The molecular formula is C22H25NO7. The number of rotatable bonds is 11. The van der Waals surface area contributed by atoms with Crippen LogP contribution in [-0.4, -0.2) is 57.7 Å². The normalized spacial score (nSPS) is 14.8. The third kappa shape index (κ3) is 6.75. The van der Waals surface area contributed by atoms with Crippen molar-refractivity contribution in [3.8, 4) is 11.5 Å². The van der Waals surface area contributed by atoms with Gasteiger partial charge in [-0.05, 0) is 36.6 Å². The Bertz CT molecular complexity index is 907. The quantitative estimate of drug-likeness (QED) is 0.261. The van der Waals surface area contributed by atoms with Gasteiger partial charge >= 0.3 is 12.1 Å². The van der Waals surface area contributed by atoms with Gasteiger partial charge in [0.25, 0.3) is 0 Å². The third-order valence-corrected chi connectivity index (χ3v) is 4.18. The number of benzene rings is 2. The molecular weight excluding hydrogens is 390 g/mol. The average molecular weight is 415 g/mol. The maximum atomic E-state index is 12.1. The fourth-order valence-electron chi connectivity index (χ4n) is 2.54. The van der Waals surface area contributed by atoms with E-state index in [9.17, 15) is 9.59 Å². The first-order valence-corrected chi connectivity index (χ1v) is 9.66. The maximum Gasteiger partial charge on any atom is 0.412 e. The van der Waals surface area contributed by atoms with E-state index in [-0.39, 0.29) is 32.5 Å². The molecule has 0 saturated carbocycles. The lowest BCUT2D eigenvalue weighted by Crippen LogP contribution is -2.30. The molecule has 3 rings (SSSR count). The van der Waals surface area contributed by atoms with Crippen LogP contribution in [0.4, 0.5) is 4.79 Å². The highest BCUT2D eigenvalue weighted by molar-refractivity contribution is 5.91. The minimum absolute atomic E-state index is 0.130. The number of esters is 1. The molecule has 1 amide bonds. The lowest BCUT2D eigenvalue weighted by atomic mass is 10.1. The molecule has 1 heterocycles. The molecule has 1 aliphatic rings. The lowest BCUT2D eigenvalue weighted by molar-refractivity contribution is -0.140. The fourth-order valence-corrected chi connectivity index (χ4v) is 2.54. The molecule has 8 nitrogen and oxygen atoms in total. The number of carbonyl (C=O) groups excluding carboxylic acids is 2. The largest absolute Gasteiger partial charge is 0.491 e. The van der Waals surface area contributed by atoms with Crippen molar-refractivity contribution in [3.05, 3.63) is 48.6 Å². The summed E-state index contributed by atoms with van der Waals surface area (Å²) in [5.74, 6) is 0.742. The Morgan fingerprint density at radius 2 is 2.03 bits per heavy atom. The van der Waals surface area contributed by atoms with Gasteiger partial charge in [-0.15, -0.1) is 0 Å². The van der Waals surface area contributed by atoms with E-state index < -0.39 is 12.1 Å². The topological polar surface area (TPSA) is 95.6 Å². The predicted molar refractivity (Wildman–Crippen MR) is 110 cm³/mol. The van der Waals surface area contributed by atoms with Crippen molar-refractivity contribution in [1.82, 2.24) is 5.32 Å². The SMILES string of the molecule is C=C(C)C(=O)OCCOCCNC(=O)Oc1cccc2cc(OCC3CO3)ccc12. The zero-order chi connectivity index (χ0) is 21.3. The Morgan fingerprint density at radius 3 is 2.80 bits per heavy atom. The van der Waals surface area contributed by atoms with Gasteiger partial charge in [0, 0.05) is 17.5 Å². The van der Waals surface area contributed by atoms with Gasteiger partial charge in [0.1, 0.15) is 30.8 Å². The monoisotopic (exact) mass is 415 g/mol. The number of carbonyl (C=O) groups is 2. The molecule has 2 aromatic carbocycles. The van der Waals surface area contributed by atoms with Crippen LogP contribution < -0.4 is 14.8 Å². The van der Waals surface area contributed by atoms with Crippen molar-refractivity contribution < 1.29 is 33.3 Å². The van der Waals surface area contributed by atoms with Crippen LogP contribution in [0.1, 0.15) is 6.92 Å². The molecule has 1 atom stereocenters. The van der Waals surface area contributed by atoms with Crippen LogP contribution in [0, 0.1) is 0 Å². The van der Waals surface area contributed by atoms with Gasteiger partial charge in [-0.3, -0.25) is 0 Å². The summed E-state index contributed by atoms with van der Waals surface area (Å²) in [4.78, 5) is 23.3. The number of fused-ring (bicyclic) bond motifs is 1. The van der Waals surface area contributed by atoms with Crippen molar-refractivity contribution in [1.29, 1.82) is 0 Å². The lowest BCUT2D eigenvalue weighted by Gasteiger charge is -2.11. The predicted octanol–water partition coefficient (Wildman–Crippen LogP) is 2.84. The number of nitrogens with one attached hydrogen (secondary N) is 1. The third-order valence-electron chi connectivity index (χ3n) is 4.18. The smallest absolute Gasteiger partial charge is 0.412 e. The van der Waals surface area contributed by atoms with Crippen LogP contribution in [0.15, 0.2) is 48.6 Å². The number of hydrogen-bond acceptors (Lipinski definition) is 7. The van der Waals surface area contributed by atoms with Crippen molar-refractivity contribution in [3.63, 3.8) is 0 Å². The molecule has 8 heteroatoms. The van der Waals surface area contributed by atoms with E-state index >= 15 is 0 Å². The zero-order valence-electron chi connectivity index (χ0n) is 16.8. The van der Waals surface area contributed by atoms with Crippen LogP contribution >= 0.6 is 0 Å². The van der Waals surface area contributed by atoms with Gasteiger partial charge in [0.2, 0.25) is 0 Å². The summed E-state index contributed by atoms with van der Waals surface area (Å²) in [5, 5.41) is 4.33. The van der Waals surface area contributed by atoms with Gasteiger partial charge in [-0.2, -0.15) is 0 Å². The molecule has 1 aliphatic heterocycles. The highest BCUT2D eigenvalue weighted by Crippen LogP contribution is 2.29. The van der Waals surface area contributed by atoms with Crippen LogP contribution in [0.25, 0.3) is 10.8 Å². The fraction of sp³-hybridized carbons (Fsp3) is 0.364. The summed E-state index contributed by atoms with van der Waals surface area (Å²) >= 11 is 0. The van der Waals surface area contributed by atoms with Crippen LogP contribution in [0.2, 0.25) is 0 Å². The highest BCUT2D eigenvalue weighted by atomic mass is 16.6. The number of ether oxygens (including phenoxy) is 5. The molecule has 0 aromatic heterocycles. The number of hydrogen-bond donors (Lipinski definition) is 1. The van der Waals surface area contributed by atoms with Crippen LogP contribution in [0.3, 0.4) is 0 Å². The van der Waals surface area contributed by atoms with Crippen LogP contribution in [0.5, 0.6) is 11.5 Å². The maximum absolute atomic E-state index is 12.1. The summed E-state index contributed by atoms with van der Waals surface area (Å²) in [5.41, 5.74) is 0.337. The van der Waals surface area contributed by atoms with Gasteiger partial charge in [-0.25, -0.2) is 9.59 Å². The molecule has 1 unspecified atom stereocenters. The van der Waals surface area contributed by atoms with E-state index in [1.807, 2.05) is 30.3 Å². The Kier molecular flexibility index (Phi) is 7.64. The van der Waals surface area contributed by atoms with E-state index in [0.29, 0.717) is 17.9 Å². The second kappa shape index (κ2) is 10.6. The highest BCUT2D eigenvalue weighted by Gasteiger charge is 2.23. The molecule has 0 bridgehead atoms. The van der Waals surface area contributed by atoms with E-state index in [0.717, 1.165) is 23.1 Å². The first kappa shape index (κ1) is 21.6. The molecule has 1 saturated heterocycles. The summed E-state index contributed by atoms with van der Waals surface area (Å²) in [6, 6.07) is 11.1. The molecule has 0 radical (unpaired) electrons. The van der Waals surface area contributed by atoms with E-state index in [1.165, 1.54) is 0 Å².